The predicted octanol–water partition coefficient (Wildman–Crippen LogP) is 4.56. The Hall–Kier alpha value is -3.20. The number of fused-ring (bicyclic) bond motifs is 1. The van der Waals surface area contributed by atoms with Gasteiger partial charge in [0.15, 0.2) is 5.69 Å². The fraction of sp³-hybridized carbons (Fsp3) is 0.200. The minimum atomic E-state index is -4.50. The zero-order valence-electron chi connectivity index (χ0n) is 14.9. The summed E-state index contributed by atoms with van der Waals surface area (Å²) in [4.78, 5) is 12.4. The molecule has 1 aromatic heterocycles. The van der Waals surface area contributed by atoms with E-state index in [0.29, 0.717) is 12.2 Å². The molecule has 1 aliphatic heterocycles. The van der Waals surface area contributed by atoms with E-state index in [1.807, 2.05) is 0 Å². The average Bonchev–Trinajstić information content (AvgIpc) is 3.12. The van der Waals surface area contributed by atoms with Crippen molar-refractivity contribution >= 4 is 11.6 Å². The van der Waals surface area contributed by atoms with E-state index < -0.39 is 17.6 Å². The summed E-state index contributed by atoms with van der Waals surface area (Å²) in [5.41, 5.74) is 0.687. The molecule has 2 aromatic carbocycles. The van der Waals surface area contributed by atoms with E-state index in [2.05, 4.69) is 10.4 Å². The molecule has 29 heavy (non-hydrogen) atoms. The molecule has 4 rings (SSSR count). The number of hydrogen-bond donors (Lipinski definition) is 1. The maximum atomic E-state index is 13.1. The van der Waals surface area contributed by atoms with E-state index in [1.54, 1.807) is 16.8 Å². The zero-order valence-corrected chi connectivity index (χ0v) is 14.9. The highest BCUT2D eigenvalue weighted by Crippen LogP contribution is 2.31. The Morgan fingerprint density at radius 2 is 1.90 bits per heavy atom. The third kappa shape index (κ3) is 4.14. The average molecular weight is 405 g/mol. The molecular formula is C20H15F4N3O2. The van der Waals surface area contributed by atoms with E-state index in [9.17, 15) is 22.4 Å². The van der Waals surface area contributed by atoms with Crippen LogP contribution in [-0.4, -0.2) is 15.7 Å². The number of aromatic nitrogens is 2. The lowest BCUT2D eigenvalue weighted by Gasteiger charge is -2.24. The lowest BCUT2D eigenvalue weighted by Crippen LogP contribution is -2.22. The zero-order chi connectivity index (χ0) is 20.6. The van der Waals surface area contributed by atoms with Crippen LogP contribution in [0.15, 0.2) is 54.6 Å². The first-order valence-corrected chi connectivity index (χ1v) is 8.72. The summed E-state index contributed by atoms with van der Waals surface area (Å²) >= 11 is 0. The van der Waals surface area contributed by atoms with Crippen LogP contribution >= 0.6 is 0 Å². The highest BCUT2D eigenvalue weighted by Gasteiger charge is 2.30. The SMILES string of the molecule is O=C(Nc1cccc(C(F)(F)F)c1)c1cc2n(n1)C[C@@H](c1ccc(F)cc1)OC2. The standard InChI is InChI=1S/C20H15F4N3O2/c21-14-6-4-12(5-7-14)18-10-27-16(11-29-18)9-17(26-27)19(28)25-15-3-1-2-13(8-15)20(22,23)24/h1-9,18H,10-11H2,(H,25,28)/t18-/m0/s1. The van der Waals surface area contributed by atoms with E-state index >= 15 is 0 Å². The molecule has 1 N–H and O–H groups in total. The summed E-state index contributed by atoms with van der Waals surface area (Å²) in [6.45, 7) is 0.531. The molecule has 2 heterocycles. The van der Waals surface area contributed by atoms with Crippen LogP contribution in [0.5, 0.6) is 0 Å². The van der Waals surface area contributed by atoms with Crippen LogP contribution in [0.3, 0.4) is 0 Å². The third-order valence-corrected chi connectivity index (χ3v) is 4.56. The van der Waals surface area contributed by atoms with Crippen molar-refractivity contribution in [2.45, 2.75) is 25.4 Å². The first-order valence-electron chi connectivity index (χ1n) is 8.72. The number of alkyl halides is 3. The molecule has 150 valence electrons. The van der Waals surface area contributed by atoms with Gasteiger partial charge in [0, 0.05) is 5.69 Å². The van der Waals surface area contributed by atoms with Crippen LogP contribution in [-0.2, 0) is 24.1 Å². The molecule has 3 aromatic rings. The van der Waals surface area contributed by atoms with Gasteiger partial charge in [-0.3, -0.25) is 9.48 Å². The van der Waals surface area contributed by atoms with Crippen molar-refractivity contribution in [3.63, 3.8) is 0 Å². The number of hydrogen-bond acceptors (Lipinski definition) is 3. The molecule has 0 aliphatic carbocycles. The summed E-state index contributed by atoms with van der Waals surface area (Å²) in [5.74, 6) is -0.970. The lowest BCUT2D eigenvalue weighted by molar-refractivity contribution is -0.137. The highest BCUT2D eigenvalue weighted by atomic mass is 19.4. The molecule has 1 aliphatic rings. The number of halogens is 4. The Labute approximate surface area is 162 Å². The smallest absolute Gasteiger partial charge is 0.365 e. The van der Waals surface area contributed by atoms with E-state index in [4.69, 9.17) is 4.74 Å². The fourth-order valence-corrected chi connectivity index (χ4v) is 3.08. The number of nitrogens with one attached hydrogen (secondary N) is 1. The largest absolute Gasteiger partial charge is 0.416 e. The minimum absolute atomic E-state index is 0.0243. The molecule has 9 heteroatoms. The van der Waals surface area contributed by atoms with Gasteiger partial charge in [0.25, 0.3) is 5.91 Å². The van der Waals surface area contributed by atoms with Crippen molar-refractivity contribution in [3.8, 4) is 0 Å². The number of benzene rings is 2. The molecule has 0 bridgehead atoms. The first kappa shape index (κ1) is 19.1. The van der Waals surface area contributed by atoms with Crippen molar-refractivity contribution in [2.24, 2.45) is 0 Å². The molecule has 1 amide bonds. The quantitative estimate of drug-likeness (QED) is 0.650. The number of nitrogens with zero attached hydrogens (tertiary/aromatic N) is 2. The molecule has 0 spiro atoms. The van der Waals surface area contributed by atoms with Gasteiger partial charge in [-0.05, 0) is 42.0 Å². The topological polar surface area (TPSA) is 56.2 Å². The summed E-state index contributed by atoms with van der Waals surface area (Å²) in [6.07, 6.45) is -4.84. The predicted molar refractivity (Wildman–Crippen MR) is 95.6 cm³/mol. The second-order valence-corrected chi connectivity index (χ2v) is 6.59. The molecule has 0 radical (unpaired) electrons. The Morgan fingerprint density at radius 3 is 2.62 bits per heavy atom. The Morgan fingerprint density at radius 1 is 1.14 bits per heavy atom. The first-order chi connectivity index (χ1) is 13.8. The van der Waals surface area contributed by atoms with Crippen molar-refractivity contribution in [1.82, 2.24) is 9.78 Å². The van der Waals surface area contributed by atoms with Gasteiger partial charge >= 0.3 is 6.18 Å². The van der Waals surface area contributed by atoms with E-state index in [-0.39, 0.29) is 29.9 Å². The Kier molecular flexibility index (Phi) is 4.83. The van der Waals surface area contributed by atoms with Gasteiger partial charge in [0.1, 0.15) is 11.9 Å². The monoisotopic (exact) mass is 405 g/mol. The lowest BCUT2D eigenvalue weighted by atomic mass is 10.1. The highest BCUT2D eigenvalue weighted by molar-refractivity contribution is 6.03. The van der Waals surface area contributed by atoms with Crippen LogP contribution in [0.4, 0.5) is 23.2 Å². The second kappa shape index (κ2) is 7.32. The second-order valence-electron chi connectivity index (χ2n) is 6.59. The molecule has 1 atom stereocenters. The van der Waals surface area contributed by atoms with Gasteiger partial charge in [-0.15, -0.1) is 0 Å². The number of carbonyl (C=O) groups excluding carboxylic acids is 1. The van der Waals surface area contributed by atoms with Gasteiger partial charge in [0.05, 0.1) is 24.4 Å². The summed E-state index contributed by atoms with van der Waals surface area (Å²) < 4.78 is 58.9. The van der Waals surface area contributed by atoms with Crippen LogP contribution in [0.25, 0.3) is 0 Å². The summed E-state index contributed by atoms with van der Waals surface area (Å²) in [6, 6.07) is 11.8. The summed E-state index contributed by atoms with van der Waals surface area (Å²) in [7, 11) is 0. The third-order valence-electron chi connectivity index (χ3n) is 4.56. The Balaban J connectivity index is 1.49. The molecule has 0 unspecified atom stereocenters. The van der Waals surface area contributed by atoms with Gasteiger partial charge in [-0.1, -0.05) is 18.2 Å². The number of ether oxygens (including phenoxy) is 1. The van der Waals surface area contributed by atoms with E-state index in [0.717, 1.165) is 17.7 Å². The fourth-order valence-electron chi connectivity index (χ4n) is 3.08. The molecule has 0 fully saturated rings. The van der Waals surface area contributed by atoms with Crippen molar-refractivity contribution < 1.29 is 27.1 Å². The number of anilines is 1. The van der Waals surface area contributed by atoms with Crippen LogP contribution in [0.1, 0.15) is 33.4 Å². The number of rotatable bonds is 3. The summed E-state index contributed by atoms with van der Waals surface area (Å²) in [5, 5.41) is 6.67. The van der Waals surface area contributed by atoms with Gasteiger partial charge in [-0.25, -0.2) is 4.39 Å². The van der Waals surface area contributed by atoms with E-state index in [1.165, 1.54) is 30.3 Å². The normalized spacial score (nSPS) is 16.3. The molecule has 0 saturated heterocycles. The van der Waals surface area contributed by atoms with Crippen LogP contribution in [0.2, 0.25) is 0 Å². The van der Waals surface area contributed by atoms with Gasteiger partial charge in [-0.2, -0.15) is 18.3 Å². The van der Waals surface area contributed by atoms with Crippen molar-refractivity contribution in [1.29, 1.82) is 0 Å². The minimum Gasteiger partial charge on any atom is -0.365 e. The van der Waals surface area contributed by atoms with Crippen LogP contribution in [0, 0.1) is 5.82 Å². The van der Waals surface area contributed by atoms with Crippen molar-refractivity contribution in [2.75, 3.05) is 5.32 Å². The maximum Gasteiger partial charge on any atom is 0.416 e. The molecular weight excluding hydrogens is 390 g/mol. The molecule has 0 saturated carbocycles. The maximum absolute atomic E-state index is 13.1. The number of amides is 1. The van der Waals surface area contributed by atoms with Crippen LogP contribution < -0.4 is 5.32 Å². The van der Waals surface area contributed by atoms with Gasteiger partial charge < -0.3 is 10.1 Å². The number of carbonyl (C=O) groups is 1. The Bertz CT molecular complexity index is 1040. The van der Waals surface area contributed by atoms with Gasteiger partial charge in [0.2, 0.25) is 0 Å². The molecule has 5 nitrogen and oxygen atoms in total. The van der Waals surface area contributed by atoms with Crippen molar-refractivity contribution in [3.05, 3.63) is 82.9 Å².